The van der Waals surface area contributed by atoms with Crippen molar-refractivity contribution in [2.45, 2.75) is 13.1 Å². The van der Waals surface area contributed by atoms with Crippen molar-refractivity contribution >= 4 is 11.6 Å². The lowest BCUT2D eigenvalue weighted by Gasteiger charge is -2.06. The van der Waals surface area contributed by atoms with Crippen molar-refractivity contribution in [1.29, 1.82) is 0 Å². The molecule has 0 unspecified atom stereocenters. The second-order valence-corrected chi connectivity index (χ2v) is 11.7. The summed E-state index contributed by atoms with van der Waals surface area (Å²) in [6, 6.07) is 19.3. The molecular weight excluding hydrogens is 748 g/mol. The van der Waals surface area contributed by atoms with E-state index in [-0.39, 0.29) is 55.3 Å². The highest BCUT2D eigenvalue weighted by Gasteiger charge is 2.21. The van der Waals surface area contributed by atoms with Crippen molar-refractivity contribution in [2.24, 2.45) is 0 Å². The van der Waals surface area contributed by atoms with Crippen molar-refractivity contribution in [3.8, 4) is 57.6 Å². The first-order chi connectivity index (χ1) is 26.7. The van der Waals surface area contributed by atoms with Crippen LogP contribution in [0.4, 0.5) is 17.6 Å². The average molecular weight is 775 g/mol. The van der Waals surface area contributed by atoms with Gasteiger partial charge in [0, 0.05) is 24.7 Å². The van der Waals surface area contributed by atoms with Crippen molar-refractivity contribution in [1.82, 2.24) is 49.8 Å². The predicted molar refractivity (Wildman–Crippen MR) is 189 cm³/mol. The Morgan fingerprint density at radius 1 is 0.636 bits per heavy atom. The Labute approximate surface area is 314 Å². The predicted octanol–water partition coefficient (Wildman–Crippen LogP) is 7.56. The number of hydrogen-bond donors (Lipinski definition) is 0. The van der Waals surface area contributed by atoms with Crippen LogP contribution >= 0.6 is 11.6 Å². The highest BCUT2D eigenvalue weighted by molar-refractivity contribution is 6.29. The summed E-state index contributed by atoms with van der Waals surface area (Å²) in [5.41, 5.74) is 3.64. The zero-order chi connectivity index (χ0) is 38.5. The maximum absolute atomic E-state index is 14.1. The maximum atomic E-state index is 14.1. The van der Waals surface area contributed by atoms with Gasteiger partial charge in [0.2, 0.25) is 11.6 Å². The molecule has 6 aromatic heterocycles. The third-order valence-electron chi connectivity index (χ3n) is 7.85. The van der Waals surface area contributed by atoms with Gasteiger partial charge >= 0.3 is 0 Å². The number of hydrogen-bond acceptors (Lipinski definition) is 12. The molecule has 0 N–H and O–H groups in total. The van der Waals surface area contributed by atoms with E-state index in [0.29, 0.717) is 39.6 Å². The van der Waals surface area contributed by atoms with E-state index in [1.165, 1.54) is 43.6 Å². The van der Waals surface area contributed by atoms with Crippen LogP contribution in [0.5, 0.6) is 11.8 Å². The Bertz CT molecular complexity index is 2570. The molecule has 19 heteroatoms. The number of halogens is 5. The maximum Gasteiger partial charge on any atom is 0.255 e. The Hall–Kier alpha value is -6.95. The van der Waals surface area contributed by atoms with Crippen LogP contribution in [0, 0.1) is 23.3 Å². The molecule has 8 rings (SSSR count). The molecular formula is C36H27ClF4N10O4. The molecule has 8 aromatic rings. The van der Waals surface area contributed by atoms with Crippen LogP contribution in [0.25, 0.3) is 45.8 Å². The van der Waals surface area contributed by atoms with Crippen LogP contribution in [0.3, 0.4) is 0 Å². The molecule has 0 radical (unpaired) electrons. The van der Waals surface area contributed by atoms with E-state index in [2.05, 4.69) is 40.4 Å². The first kappa shape index (κ1) is 36.4. The molecule has 0 bridgehead atoms. The molecule has 6 heterocycles. The molecule has 0 spiro atoms. The van der Waals surface area contributed by atoms with Gasteiger partial charge in [-0.2, -0.15) is 28.9 Å². The Morgan fingerprint density at radius 3 is 1.64 bits per heavy atom. The number of ether oxygens (including phenoxy) is 2. The SMILES string of the molecule is COc1nc(-c2cc(-c3ccon3)n(Cc3ccccc3F)n2)nc(Cl)c1F.COc1nc(-c2cc(-c3ccon3)n(Cc3ccccc3F)n2)ncc1F.[HH]. The van der Waals surface area contributed by atoms with Gasteiger partial charge in [0.05, 0.1) is 44.9 Å². The van der Waals surface area contributed by atoms with Gasteiger partial charge in [-0.25, -0.2) is 18.7 Å². The molecule has 14 nitrogen and oxygen atoms in total. The van der Waals surface area contributed by atoms with Crippen LogP contribution in [-0.4, -0.2) is 64.0 Å². The topological polar surface area (TPSA) is 158 Å². The van der Waals surface area contributed by atoms with E-state index in [0.717, 1.165) is 6.20 Å². The lowest BCUT2D eigenvalue weighted by molar-refractivity contribution is 0.367. The minimum absolute atomic E-state index is 0. The Kier molecular flexibility index (Phi) is 10.6. The number of nitrogens with zero attached hydrogens (tertiary/aromatic N) is 10. The monoisotopic (exact) mass is 774 g/mol. The number of rotatable bonds is 10. The fourth-order valence-corrected chi connectivity index (χ4v) is 5.40. The summed E-state index contributed by atoms with van der Waals surface area (Å²) in [6.07, 6.45) is 3.84. The zero-order valence-electron chi connectivity index (χ0n) is 28.6. The van der Waals surface area contributed by atoms with E-state index < -0.39 is 16.8 Å². The molecule has 2 aromatic carbocycles. The summed E-state index contributed by atoms with van der Waals surface area (Å²) in [5.74, 6) is -2.52. The molecule has 280 valence electrons. The van der Waals surface area contributed by atoms with Crippen LogP contribution in [0.2, 0.25) is 5.15 Å². The van der Waals surface area contributed by atoms with Crippen LogP contribution < -0.4 is 9.47 Å². The minimum Gasteiger partial charge on any atom is -0.479 e. The molecule has 0 amide bonds. The highest BCUT2D eigenvalue weighted by atomic mass is 35.5. The summed E-state index contributed by atoms with van der Waals surface area (Å²) in [7, 11) is 2.58. The first-order valence-electron chi connectivity index (χ1n) is 16.0. The number of benzene rings is 2. The quantitative estimate of drug-likeness (QED) is 0.0994. The summed E-state index contributed by atoms with van der Waals surface area (Å²) < 4.78 is 78.3. The molecule has 0 atom stereocenters. The molecule has 0 fully saturated rings. The standard InChI is InChI=1S/C18H12ClF2N5O2.C18H13F2N5O2.H2/c1-27-18-15(21)16(19)22-17(23-18)13-8-14(12-6-7-28-25-12)26(24-13)9-10-4-2-3-5-11(10)20;1-26-18-13(20)9-21-17(22-18)15-8-16(14-6-7-27-24-14)25(23-15)10-11-4-2-3-5-12(11)19;/h2-8H,9H2,1H3;2-9H,10H2,1H3;1H. The number of methoxy groups -OCH3 is 2. The smallest absolute Gasteiger partial charge is 0.255 e. The Morgan fingerprint density at radius 2 is 1.15 bits per heavy atom. The third kappa shape index (κ3) is 7.88. The highest BCUT2D eigenvalue weighted by Crippen LogP contribution is 2.29. The van der Waals surface area contributed by atoms with Gasteiger partial charge in [-0.05, 0) is 24.3 Å². The van der Waals surface area contributed by atoms with Crippen molar-refractivity contribution in [3.63, 3.8) is 0 Å². The first-order valence-corrected chi connectivity index (χ1v) is 16.4. The second-order valence-electron chi connectivity index (χ2n) is 11.3. The summed E-state index contributed by atoms with van der Waals surface area (Å²) in [5, 5.41) is 16.3. The van der Waals surface area contributed by atoms with E-state index in [9.17, 15) is 17.6 Å². The van der Waals surface area contributed by atoms with Crippen LogP contribution in [-0.2, 0) is 13.1 Å². The summed E-state index contributed by atoms with van der Waals surface area (Å²) in [4.78, 5) is 15.9. The lowest BCUT2D eigenvalue weighted by atomic mass is 10.2. The summed E-state index contributed by atoms with van der Waals surface area (Å²) in [6.45, 7) is 0.286. The van der Waals surface area contributed by atoms with Gasteiger partial charge in [0.15, 0.2) is 16.8 Å². The average Bonchev–Trinajstić information content (AvgIpc) is 4.03. The van der Waals surface area contributed by atoms with Gasteiger partial charge in [-0.1, -0.05) is 58.3 Å². The lowest BCUT2D eigenvalue weighted by Crippen LogP contribution is -2.06. The van der Waals surface area contributed by atoms with Gasteiger partial charge in [0.25, 0.3) is 11.8 Å². The van der Waals surface area contributed by atoms with Gasteiger partial charge in [-0.3, -0.25) is 9.36 Å². The van der Waals surface area contributed by atoms with Crippen molar-refractivity contribution in [2.75, 3.05) is 14.2 Å². The third-order valence-corrected chi connectivity index (χ3v) is 8.10. The Balaban J connectivity index is 0.000000187. The van der Waals surface area contributed by atoms with Gasteiger partial charge in [0.1, 0.15) is 46.9 Å². The summed E-state index contributed by atoms with van der Waals surface area (Å²) >= 11 is 5.83. The van der Waals surface area contributed by atoms with Crippen molar-refractivity contribution < 1.29 is 37.5 Å². The molecule has 55 heavy (non-hydrogen) atoms. The minimum atomic E-state index is -0.865. The van der Waals surface area contributed by atoms with Gasteiger partial charge in [-0.15, -0.1) is 0 Å². The fourth-order valence-electron chi connectivity index (χ4n) is 5.24. The largest absolute Gasteiger partial charge is 0.479 e. The van der Waals surface area contributed by atoms with Gasteiger partial charge < -0.3 is 18.5 Å². The molecule has 0 saturated heterocycles. The van der Waals surface area contributed by atoms with Crippen LogP contribution in [0.1, 0.15) is 12.6 Å². The number of aromatic nitrogens is 10. The fraction of sp³-hybridized carbons (Fsp3) is 0.111. The zero-order valence-corrected chi connectivity index (χ0v) is 29.3. The van der Waals surface area contributed by atoms with Crippen molar-refractivity contribution in [3.05, 3.63) is 131 Å². The molecule has 0 aliphatic carbocycles. The normalized spacial score (nSPS) is 11.0. The molecule has 0 aliphatic heterocycles. The second kappa shape index (κ2) is 16.0. The van der Waals surface area contributed by atoms with E-state index in [4.69, 9.17) is 30.1 Å². The van der Waals surface area contributed by atoms with Crippen LogP contribution in [0.15, 0.2) is 101 Å². The molecule has 0 saturated carbocycles. The van der Waals surface area contributed by atoms with E-state index in [1.807, 2.05) is 0 Å². The molecule has 0 aliphatic rings. The van der Waals surface area contributed by atoms with E-state index in [1.54, 1.807) is 65.3 Å². The van der Waals surface area contributed by atoms with E-state index >= 15 is 0 Å².